The van der Waals surface area contributed by atoms with Crippen LogP contribution in [0.25, 0.3) is 11.0 Å². The molecule has 2 N–H and O–H groups in total. The van der Waals surface area contributed by atoms with Gasteiger partial charge in [-0.1, -0.05) is 23.9 Å². The first kappa shape index (κ1) is 11.9. The number of carboxylic acid groups (broad SMARTS) is 1. The van der Waals surface area contributed by atoms with Crippen molar-refractivity contribution in [2.24, 2.45) is 0 Å². The molecule has 1 aromatic heterocycles. The van der Waals surface area contributed by atoms with Crippen molar-refractivity contribution in [3.05, 3.63) is 24.3 Å². The zero-order valence-corrected chi connectivity index (χ0v) is 10.0. The standard InChI is InChI=1S/C11H12N2O3S/c1-16-6-9(10(14)15)17-11-12-7-4-2-3-5-8(7)13-11/h2-5,9H,6H2,1H3,(H,12,13)(H,14,15). The number of aromatic nitrogens is 2. The van der Waals surface area contributed by atoms with E-state index in [2.05, 4.69) is 9.97 Å². The largest absolute Gasteiger partial charge is 0.480 e. The van der Waals surface area contributed by atoms with E-state index < -0.39 is 11.2 Å². The summed E-state index contributed by atoms with van der Waals surface area (Å²) in [6, 6.07) is 7.57. The number of H-pyrrole nitrogens is 1. The molecule has 1 atom stereocenters. The normalized spacial score (nSPS) is 12.8. The molecule has 0 aliphatic heterocycles. The lowest BCUT2D eigenvalue weighted by atomic mass is 10.3. The highest BCUT2D eigenvalue weighted by Crippen LogP contribution is 2.23. The van der Waals surface area contributed by atoms with Crippen LogP contribution in [0.3, 0.4) is 0 Å². The maximum atomic E-state index is 11.0. The molecule has 0 bridgehead atoms. The monoisotopic (exact) mass is 252 g/mol. The molecule has 1 unspecified atom stereocenters. The van der Waals surface area contributed by atoms with Crippen LogP contribution in [-0.2, 0) is 9.53 Å². The number of benzene rings is 1. The molecule has 5 nitrogen and oxygen atoms in total. The molecule has 0 saturated heterocycles. The quantitative estimate of drug-likeness (QED) is 0.793. The first-order chi connectivity index (χ1) is 8.20. The number of ether oxygens (including phenoxy) is 1. The van der Waals surface area contributed by atoms with E-state index in [0.29, 0.717) is 5.16 Å². The number of hydrogen-bond acceptors (Lipinski definition) is 4. The highest BCUT2D eigenvalue weighted by Gasteiger charge is 2.20. The fraction of sp³-hybridized carbons (Fsp3) is 0.273. The van der Waals surface area contributed by atoms with Gasteiger partial charge in [0.25, 0.3) is 0 Å². The van der Waals surface area contributed by atoms with Crippen LogP contribution in [0.1, 0.15) is 0 Å². The van der Waals surface area contributed by atoms with Gasteiger partial charge < -0.3 is 14.8 Å². The number of nitrogens with zero attached hydrogens (tertiary/aromatic N) is 1. The van der Waals surface area contributed by atoms with Gasteiger partial charge in [0, 0.05) is 7.11 Å². The van der Waals surface area contributed by atoms with Crippen molar-refractivity contribution < 1.29 is 14.6 Å². The van der Waals surface area contributed by atoms with Gasteiger partial charge in [-0.25, -0.2) is 4.98 Å². The van der Waals surface area contributed by atoms with Crippen molar-refractivity contribution in [1.82, 2.24) is 9.97 Å². The first-order valence-electron chi connectivity index (χ1n) is 5.04. The molecular weight excluding hydrogens is 240 g/mol. The predicted octanol–water partition coefficient (Wildman–Crippen LogP) is 1.75. The smallest absolute Gasteiger partial charge is 0.319 e. The third-order valence-electron chi connectivity index (χ3n) is 2.22. The van der Waals surface area contributed by atoms with Gasteiger partial charge >= 0.3 is 5.97 Å². The highest BCUT2D eigenvalue weighted by atomic mass is 32.2. The van der Waals surface area contributed by atoms with E-state index in [0.717, 1.165) is 22.8 Å². The maximum Gasteiger partial charge on any atom is 0.319 e. The Morgan fingerprint density at radius 3 is 3.00 bits per heavy atom. The number of methoxy groups -OCH3 is 1. The number of fused-ring (bicyclic) bond motifs is 1. The molecule has 1 aromatic carbocycles. The molecule has 0 saturated carbocycles. The Hall–Kier alpha value is -1.53. The Morgan fingerprint density at radius 2 is 2.35 bits per heavy atom. The average molecular weight is 252 g/mol. The topological polar surface area (TPSA) is 75.2 Å². The van der Waals surface area contributed by atoms with Gasteiger partial charge in [-0.05, 0) is 12.1 Å². The van der Waals surface area contributed by atoms with Crippen molar-refractivity contribution in [2.45, 2.75) is 10.4 Å². The third kappa shape index (κ3) is 2.78. The zero-order chi connectivity index (χ0) is 12.3. The average Bonchev–Trinajstić information content (AvgIpc) is 2.70. The molecule has 2 aromatic rings. The van der Waals surface area contributed by atoms with Crippen molar-refractivity contribution in [1.29, 1.82) is 0 Å². The van der Waals surface area contributed by atoms with Gasteiger partial charge in [0.1, 0.15) is 5.25 Å². The van der Waals surface area contributed by atoms with Crippen molar-refractivity contribution in [2.75, 3.05) is 13.7 Å². The number of nitrogens with one attached hydrogen (secondary N) is 1. The van der Waals surface area contributed by atoms with Crippen LogP contribution in [0.2, 0.25) is 0 Å². The van der Waals surface area contributed by atoms with Crippen LogP contribution in [0.4, 0.5) is 0 Å². The predicted molar refractivity (Wildman–Crippen MR) is 65.3 cm³/mol. The molecule has 17 heavy (non-hydrogen) atoms. The van der Waals surface area contributed by atoms with E-state index >= 15 is 0 Å². The lowest BCUT2D eigenvalue weighted by Crippen LogP contribution is -2.21. The summed E-state index contributed by atoms with van der Waals surface area (Å²) in [6.45, 7) is 0.150. The van der Waals surface area contributed by atoms with Crippen LogP contribution in [-0.4, -0.2) is 40.0 Å². The molecule has 0 aliphatic carbocycles. The van der Waals surface area contributed by atoms with Gasteiger partial charge in [-0.15, -0.1) is 0 Å². The summed E-state index contributed by atoms with van der Waals surface area (Å²) in [5.74, 6) is -0.905. The lowest BCUT2D eigenvalue weighted by Gasteiger charge is -2.07. The summed E-state index contributed by atoms with van der Waals surface area (Å²) in [5, 5.41) is 8.94. The highest BCUT2D eigenvalue weighted by molar-refractivity contribution is 8.00. The van der Waals surface area contributed by atoms with Crippen molar-refractivity contribution in [3.63, 3.8) is 0 Å². The second-order valence-corrected chi connectivity index (χ2v) is 4.65. The number of rotatable bonds is 5. The van der Waals surface area contributed by atoms with E-state index in [4.69, 9.17) is 9.84 Å². The summed E-state index contributed by atoms with van der Waals surface area (Å²) >= 11 is 1.16. The summed E-state index contributed by atoms with van der Waals surface area (Å²) in [5.41, 5.74) is 1.73. The van der Waals surface area contributed by atoms with Crippen LogP contribution in [0.5, 0.6) is 0 Å². The van der Waals surface area contributed by atoms with Crippen LogP contribution in [0, 0.1) is 0 Å². The molecule has 1 heterocycles. The number of thioether (sulfide) groups is 1. The minimum absolute atomic E-state index is 0.150. The fourth-order valence-corrected chi connectivity index (χ4v) is 2.32. The molecule has 2 rings (SSSR count). The lowest BCUT2D eigenvalue weighted by molar-refractivity contribution is -0.137. The SMILES string of the molecule is COCC(Sc1nc2ccccc2[nH]1)C(=O)O. The minimum Gasteiger partial charge on any atom is -0.480 e. The van der Waals surface area contributed by atoms with Gasteiger partial charge in [-0.2, -0.15) is 0 Å². The number of para-hydroxylation sites is 2. The molecule has 0 radical (unpaired) electrons. The summed E-state index contributed by atoms with van der Waals surface area (Å²) in [7, 11) is 1.48. The fourth-order valence-electron chi connectivity index (χ4n) is 1.43. The second kappa shape index (κ2) is 5.20. The molecule has 6 heteroatoms. The van der Waals surface area contributed by atoms with E-state index in [9.17, 15) is 4.79 Å². The summed E-state index contributed by atoms with van der Waals surface area (Å²) < 4.78 is 4.87. The van der Waals surface area contributed by atoms with Crippen LogP contribution in [0.15, 0.2) is 29.4 Å². The molecule has 90 valence electrons. The number of aromatic amines is 1. The van der Waals surface area contributed by atoms with Gasteiger partial charge in [-0.3, -0.25) is 4.79 Å². The number of hydrogen-bond donors (Lipinski definition) is 2. The molecular formula is C11H12N2O3S. The molecule has 0 spiro atoms. The first-order valence-corrected chi connectivity index (χ1v) is 5.92. The minimum atomic E-state index is -0.905. The molecule has 0 fully saturated rings. The summed E-state index contributed by atoms with van der Waals surface area (Å²) in [6.07, 6.45) is 0. The van der Waals surface area contributed by atoms with Gasteiger partial charge in [0.15, 0.2) is 5.16 Å². The summed E-state index contributed by atoms with van der Waals surface area (Å²) in [4.78, 5) is 18.3. The van der Waals surface area contributed by atoms with E-state index in [1.165, 1.54) is 7.11 Å². The number of aliphatic carboxylic acids is 1. The zero-order valence-electron chi connectivity index (χ0n) is 9.21. The Morgan fingerprint density at radius 1 is 1.59 bits per heavy atom. The van der Waals surface area contributed by atoms with Gasteiger partial charge in [0.05, 0.1) is 17.6 Å². The number of carboxylic acids is 1. The van der Waals surface area contributed by atoms with Gasteiger partial charge in [0.2, 0.25) is 0 Å². The van der Waals surface area contributed by atoms with Crippen LogP contribution < -0.4 is 0 Å². The third-order valence-corrected chi connectivity index (χ3v) is 3.25. The number of carbonyl (C=O) groups is 1. The number of imidazole rings is 1. The Balaban J connectivity index is 2.19. The Labute approximate surface area is 102 Å². The Kier molecular flexibility index (Phi) is 3.65. The molecule has 0 amide bonds. The Bertz CT molecular complexity index is 493. The van der Waals surface area contributed by atoms with E-state index in [-0.39, 0.29) is 6.61 Å². The second-order valence-electron chi connectivity index (χ2n) is 3.46. The van der Waals surface area contributed by atoms with E-state index in [1.807, 2.05) is 24.3 Å². The maximum absolute atomic E-state index is 11.0. The molecule has 0 aliphatic rings. The van der Waals surface area contributed by atoms with Crippen molar-refractivity contribution >= 4 is 28.8 Å². The van der Waals surface area contributed by atoms with Crippen molar-refractivity contribution in [3.8, 4) is 0 Å². The van der Waals surface area contributed by atoms with E-state index in [1.54, 1.807) is 0 Å². The van der Waals surface area contributed by atoms with Crippen LogP contribution >= 0.6 is 11.8 Å².